The minimum Gasteiger partial charge on any atom is -0.459 e. The molecule has 0 saturated heterocycles. The Bertz CT molecular complexity index is 976. The average molecular weight is 465 g/mol. The average Bonchev–Trinajstić information content (AvgIpc) is 2.85. The van der Waals surface area contributed by atoms with E-state index in [1.165, 1.54) is 31.8 Å². The molecule has 0 bridgehead atoms. The molecule has 1 aliphatic rings. The van der Waals surface area contributed by atoms with Gasteiger partial charge >= 0.3 is 11.9 Å². The molecule has 1 fully saturated rings. The van der Waals surface area contributed by atoms with Crippen molar-refractivity contribution in [3.05, 3.63) is 65.2 Å². The van der Waals surface area contributed by atoms with Crippen molar-refractivity contribution >= 4 is 29.4 Å². The number of nitrogen functional groups attached to an aromatic ring is 2. The molecule has 34 heavy (non-hydrogen) atoms. The van der Waals surface area contributed by atoms with Crippen LogP contribution in [0, 0.1) is 5.92 Å². The summed E-state index contributed by atoms with van der Waals surface area (Å²) in [5, 5.41) is 0. The Morgan fingerprint density at radius 1 is 1.00 bits per heavy atom. The first-order valence-corrected chi connectivity index (χ1v) is 12.2. The Morgan fingerprint density at radius 2 is 1.74 bits per heavy atom. The highest BCUT2D eigenvalue weighted by Gasteiger charge is 2.24. The third-order valence-electron chi connectivity index (χ3n) is 6.38. The zero-order valence-corrected chi connectivity index (χ0v) is 20.0. The van der Waals surface area contributed by atoms with Crippen LogP contribution in [-0.2, 0) is 20.9 Å². The van der Waals surface area contributed by atoms with Crippen LogP contribution >= 0.6 is 0 Å². The third-order valence-corrected chi connectivity index (χ3v) is 6.38. The molecule has 6 nitrogen and oxygen atoms in total. The van der Waals surface area contributed by atoms with Crippen LogP contribution in [0.15, 0.2) is 48.5 Å². The lowest BCUT2D eigenvalue weighted by molar-refractivity contribution is -0.138. The zero-order valence-electron chi connectivity index (χ0n) is 20.0. The second-order valence-corrected chi connectivity index (χ2v) is 9.07. The number of esters is 2. The normalized spacial score (nSPS) is 18.0. The van der Waals surface area contributed by atoms with Crippen molar-refractivity contribution in [1.82, 2.24) is 0 Å². The molecule has 6 heteroatoms. The number of anilines is 2. The van der Waals surface area contributed by atoms with E-state index in [1.807, 2.05) is 0 Å². The van der Waals surface area contributed by atoms with Gasteiger partial charge in [0.2, 0.25) is 0 Å². The molecule has 0 aromatic heterocycles. The van der Waals surface area contributed by atoms with Gasteiger partial charge in [0.25, 0.3) is 0 Å². The zero-order chi connectivity index (χ0) is 24.3. The Kier molecular flexibility index (Phi) is 9.56. The van der Waals surface area contributed by atoms with Gasteiger partial charge in [-0.25, -0.2) is 9.59 Å². The van der Waals surface area contributed by atoms with E-state index in [2.05, 4.69) is 6.92 Å². The molecule has 4 N–H and O–H groups in total. The van der Waals surface area contributed by atoms with Crippen molar-refractivity contribution < 1.29 is 19.1 Å². The predicted molar refractivity (Wildman–Crippen MR) is 136 cm³/mol. The van der Waals surface area contributed by atoms with E-state index in [0.29, 0.717) is 22.5 Å². The number of carbonyl (C=O) groups is 2. The lowest BCUT2D eigenvalue weighted by Gasteiger charge is -2.28. The first kappa shape index (κ1) is 25.3. The smallest absolute Gasteiger partial charge is 0.338 e. The summed E-state index contributed by atoms with van der Waals surface area (Å²) < 4.78 is 11.0. The van der Waals surface area contributed by atoms with E-state index in [9.17, 15) is 9.59 Å². The van der Waals surface area contributed by atoms with Crippen LogP contribution in [0.4, 0.5) is 11.4 Å². The fourth-order valence-corrected chi connectivity index (χ4v) is 4.28. The summed E-state index contributed by atoms with van der Waals surface area (Å²) in [7, 11) is 0. The summed E-state index contributed by atoms with van der Waals surface area (Å²) in [6.45, 7) is 2.28. The lowest BCUT2D eigenvalue weighted by Crippen LogP contribution is -2.24. The van der Waals surface area contributed by atoms with Gasteiger partial charge in [0, 0.05) is 23.0 Å². The van der Waals surface area contributed by atoms with Crippen molar-refractivity contribution in [2.45, 2.75) is 71.0 Å². The molecule has 0 radical (unpaired) electrons. The van der Waals surface area contributed by atoms with Gasteiger partial charge < -0.3 is 20.9 Å². The molecule has 0 spiro atoms. The van der Waals surface area contributed by atoms with Gasteiger partial charge in [-0.15, -0.1) is 0 Å². The summed E-state index contributed by atoms with van der Waals surface area (Å²) in [6, 6.07) is 12.1. The summed E-state index contributed by atoms with van der Waals surface area (Å²) in [5.74, 6) is 0.00199. The molecule has 182 valence electrons. The maximum absolute atomic E-state index is 12.5. The minimum atomic E-state index is -0.490. The number of nitrogens with two attached hydrogens (primary N) is 2. The molecule has 0 aliphatic heterocycles. The standard InChI is InChI=1S/C28H36N2O4/c1-2-3-4-5-20-8-14-25(15-9-20)34-28(32)22-11-6-21(7-12-22)10-17-27(31)33-19-23-18-24(29)13-16-26(23)30/h6-7,10-13,16-18,20,25H,2-5,8-9,14-15,19,29-30H2,1H3/b17-10+. The summed E-state index contributed by atoms with van der Waals surface area (Å²) >= 11 is 0. The SMILES string of the molecule is CCCCCC1CCC(OC(=O)c2ccc(/C=C/C(=O)OCc3cc(N)ccc3N)cc2)CC1. The van der Waals surface area contributed by atoms with E-state index in [4.69, 9.17) is 20.9 Å². The van der Waals surface area contributed by atoms with Gasteiger partial charge in [-0.05, 0) is 73.6 Å². The Balaban J connectivity index is 1.42. The second-order valence-electron chi connectivity index (χ2n) is 9.07. The van der Waals surface area contributed by atoms with E-state index >= 15 is 0 Å². The van der Waals surface area contributed by atoms with Gasteiger partial charge in [0.1, 0.15) is 12.7 Å². The quantitative estimate of drug-likeness (QED) is 0.196. The molecule has 0 amide bonds. The van der Waals surface area contributed by atoms with E-state index < -0.39 is 5.97 Å². The number of benzene rings is 2. The van der Waals surface area contributed by atoms with Crippen molar-refractivity contribution in [2.24, 2.45) is 5.92 Å². The highest BCUT2D eigenvalue weighted by atomic mass is 16.5. The molecule has 1 saturated carbocycles. The van der Waals surface area contributed by atoms with Crippen LogP contribution in [-0.4, -0.2) is 18.0 Å². The molecule has 0 unspecified atom stereocenters. The van der Waals surface area contributed by atoms with Crippen LogP contribution in [0.5, 0.6) is 0 Å². The van der Waals surface area contributed by atoms with Crippen LogP contribution in [0.2, 0.25) is 0 Å². The lowest BCUT2D eigenvalue weighted by atomic mass is 9.84. The molecule has 2 aromatic rings. The van der Waals surface area contributed by atoms with E-state index in [0.717, 1.165) is 37.2 Å². The maximum atomic E-state index is 12.5. The van der Waals surface area contributed by atoms with Crippen molar-refractivity contribution in [3.63, 3.8) is 0 Å². The predicted octanol–water partition coefficient (Wildman–Crippen LogP) is 5.90. The number of rotatable bonds is 10. The Labute approximate surface area is 202 Å². The third kappa shape index (κ3) is 7.94. The summed E-state index contributed by atoms with van der Waals surface area (Å²) in [4.78, 5) is 24.5. The molecule has 0 heterocycles. The van der Waals surface area contributed by atoms with Crippen molar-refractivity contribution in [1.29, 1.82) is 0 Å². The van der Waals surface area contributed by atoms with Crippen LogP contribution in [0.25, 0.3) is 6.08 Å². The van der Waals surface area contributed by atoms with Crippen LogP contribution in [0.1, 0.15) is 79.8 Å². The van der Waals surface area contributed by atoms with Gasteiger partial charge in [0.05, 0.1) is 5.56 Å². The molecule has 2 aromatic carbocycles. The fourth-order valence-electron chi connectivity index (χ4n) is 4.28. The summed E-state index contributed by atoms with van der Waals surface area (Å²) in [6.07, 6.45) is 12.3. The number of hydrogen-bond donors (Lipinski definition) is 2. The molecular formula is C28H36N2O4. The maximum Gasteiger partial charge on any atom is 0.338 e. The highest BCUT2D eigenvalue weighted by Crippen LogP contribution is 2.30. The Hall–Kier alpha value is -3.28. The number of ether oxygens (including phenoxy) is 2. The first-order valence-electron chi connectivity index (χ1n) is 12.2. The van der Waals surface area contributed by atoms with Gasteiger partial charge in [-0.1, -0.05) is 44.7 Å². The molecule has 3 rings (SSSR count). The Morgan fingerprint density at radius 3 is 2.44 bits per heavy atom. The first-order chi connectivity index (χ1) is 16.4. The number of carbonyl (C=O) groups excluding carboxylic acids is 2. The van der Waals surface area contributed by atoms with Crippen LogP contribution < -0.4 is 11.5 Å². The fraction of sp³-hybridized carbons (Fsp3) is 0.429. The monoisotopic (exact) mass is 464 g/mol. The molecule has 1 aliphatic carbocycles. The van der Waals surface area contributed by atoms with Crippen molar-refractivity contribution in [3.8, 4) is 0 Å². The minimum absolute atomic E-state index is 0.0123. The largest absolute Gasteiger partial charge is 0.459 e. The van der Waals surface area contributed by atoms with E-state index in [-0.39, 0.29) is 18.7 Å². The van der Waals surface area contributed by atoms with Gasteiger partial charge in [-0.3, -0.25) is 0 Å². The number of hydrogen-bond acceptors (Lipinski definition) is 6. The van der Waals surface area contributed by atoms with Crippen molar-refractivity contribution in [2.75, 3.05) is 11.5 Å². The van der Waals surface area contributed by atoms with E-state index in [1.54, 1.807) is 48.5 Å². The van der Waals surface area contributed by atoms with Gasteiger partial charge in [-0.2, -0.15) is 0 Å². The summed E-state index contributed by atoms with van der Waals surface area (Å²) in [5.41, 5.74) is 14.6. The number of unbranched alkanes of at least 4 members (excludes halogenated alkanes) is 2. The van der Waals surface area contributed by atoms with Gasteiger partial charge in [0.15, 0.2) is 0 Å². The van der Waals surface area contributed by atoms with Crippen LogP contribution in [0.3, 0.4) is 0 Å². The highest BCUT2D eigenvalue weighted by molar-refractivity contribution is 5.90. The molecular weight excluding hydrogens is 428 g/mol. The topological polar surface area (TPSA) is 105 Å². The molecule has 0 atom stereocenters. The second kappa shape index (κ2) is 12.8.